The van der Waals surface area contributed by atoms with E-state index in [1.807, 2.05) is 6.92 Å². The second-order valence-corrected chi connectivity index (χ2v) is 6.32. The summed E-state index contributed by atoms with van der Waals surface area (Å²) in [6.45, 7) is 10.6. The van der Waals surface area contributed by atoms with Gasteiger partial charge in [-0.25, -0.2) is 9.97 Å². The Morgan fingerprint density at radius 1 is 1.30 bits per heavy atom. The molecule has 1 aromatic rings. The van der Waals surface area contributed by atoms with Crippen LogP contribution >= 0.6 is 0 Å². The van der Waals surface area contributed by atoms with Crippen LogP contribution in [0.3, 0.4) is 0 Å². The lowest BCUT2D eigenvalue weighted by Crippen LogP contribution is -2.35. The van der Waals surface area contributed by atoms with E-state index in [-0.39, 0.29) is 18.1 Å². The number of nitrogens with two attached hydrogens (primary N) is 1. The van der Waals surface area contributed by atoms with E-state index in [1.165, 1.54) is 0 Å². The topological polar surface area (TPSA) is 84.1 Å². The van der Waals surface area contributed by atoms with Crippen molar-refractivity contribution in [2.45, 2.75) is 59.9 Å². The van der Waals surface area contributed by atoms with Gasteiger partial charge in [-0.2, -0.15) is 0 Å². The molecule has 1 rings (SSSR count). The molecule has 1 unspecified atom stereocenters. The molecular formula is C15H28N4O. The van der Waals surface area contributed by atoms with E-state index in [4.69, 9.17) is 5.73 Å². The SMILES string of the molecule is CCCc1nc(N)c(C)c(NC(CCO)C(C)(C)C)n1. The highest BCUT2D eigenvalue weighted by Gasteiger charge is 2.25. The molecule has 5 nitrogen and oxygen atoms in total. The third-order valence-electron chi connectivity index (χ3n) is 3.48. The fourth-order valence-corrected chi connectivity index (χ4v) is 2.07. The minimum absolute atomic E-state index is 0.0276. The molecule has 0 aliphatic rings. The zero-order valence-corrected chi connectivity index (χ0v) is 13.3. The minimum atomic E-state index is 0.0276. The molecule has 0 saturated carbocycles. The van der Waals surface area contributed by atoms with Gasteiger partial charge in [0.2, 0.25) is 0 Å². The average Bonchev–Trinajstić information content (AvgIpc) is 2.33. The Labute approximate surface area is 122 Å². The van der Waals surface area contributed by atoms with Gasteiger partial charge in [0.25, 0.3) is 0 Å². The van der Waals surface area contributed by atoms with Crippen molar-refractivity contribution in [2.24, 2.45) is 5.41 Å². The number of aliphatic hydroxyl groups is 1. The molecule has 4 N–H and O–H groups in total. The van der Waals surface area contributed by atoms with Crippen LogP contribution in [0.25, 0.3) is 0 Å². The molecule has 20 heavy (non-hydrogen) atoms. The van der Waals surface area contributed by atoms with Crippen molar-refractivity contribution in [3.63, 3.8) is 0 Å². The summed E-state index contributed by atoms with van der Waals surface area (Å²) in [5.74, 6) is 2.09. The van der Waals surface area contributed by atoms with Crippen LogP contribution in [-0.4, -0.2) is 27.7 Å². The lowest BCUT2D eigenvalue weighted by Gasteiger charge is -2.32. The first-order chi connectivity index (χ1) is 9.29. The van der Waals surface area contributed by atoms with Gasteiger partial charge >= 0.3 is 0 Å². The second-order valence-electron chi connectivity index (χ2n) is 6.32. The van der Waals surface area contributed by atoms with E-state index in [1.54, 1.807) is 0 Å². The van der Waals surface area contributed by atoms with Gasteiger partial charge in [0.1, 0.15) is 17.5 Å². The number of aromatic nitrogens is 2. The fraction of sp³-hybridized carbons (Fsp3) is 0.733. The molecule has 0 bridgehead atoms. The van der Waals surface area contributed by atoms with E-state index >= 15 is 0 Å². The number of hydrogen-bond acceptors (Lipinski definition) is 5. The van der Waals surface area contributed by atoms with E-state index in [0.29, 0.717) is 12.2 Å². The molecule has 114 valence electrons. The summed E-state index contributed by atoms with van der Waals surface area (Å²) in [6.07, 6.45) is 2.48. The van der Waals surface area contributed by atoms with E-state index in [9.17, 15) is 5.11 Å². The molecular weight excluding hydrogens is 252 g/mol. The summed E-state index contributed by atoms with van der Waals surface area (Å²) >= 11 is 0. The molecule has 0 aliphatic heterocycles. The Morgan fingerprint density at radius 2 is 1.95 bits per heavy atom. The third-order valence-corrected chi connectivity index (χ3v) is 3.48. The Hall–Kier alpha value is -1.36. The van der Waals surface area contributed by atoms with Gasteiger partial charge in [-0.15, -0.1) is 0 Å². The molecule has 0 aromatic carbocycles. The Bertz CT molecular complexity index is 440. The number of nitrogens with one attached hydrogen (secondary N) is 1. The normalized spacial score (nSPS) is 13.3. The lowest BCUT2D eigenvalue weighted by atomic mass is 9.85. The van der Waals surface area contributed by atoms with Gasteiger partial charge in [-0.05, 0) is 25.2 Å². The number of hydrogen-bond donors (Lipinski definition) is 3. The number of nitrogen functional groups attached to an aromatic ring is 1. The molecule has 0 fully saturated rings. The fourth-order valence-electron chi connectivity index (χ4n) is 2.07. The summed E-state index contributed by atoms with van der Waals surface area (Å²) in [5.41, 5.74) is 6.87. The number of aliphatic hydroxyl groups excluding tert-OH is 1. The molecule has 1 aromatic heterocycles. The number of anilines is 2. The highest BCUT2D eigenvalue weighted by Crippen LogP contribution is 2.27. The van der Waals surface area contributed by atoms with Gasteiger partial charge in [-0.3, -0.25) is 0 Å². The Balaban J connectivity index is 3.05. The summed E-state index contributed by atoms with van der Waals surface area (Å²) < 4.78 is 0. The van der Waals surface area contributed by atoms with E-state index in [0.717, 1.165) is 30.0 Å². The zero-order chi connectivity index (χ0) is 15.3. The Morgan fingerprint density at radius 3 is 2.45 bits per heavy atom. The third kappa shape index (κ3) is 4.34. The zero-order valence-electron chi connectivity index (χ0n) is 13.3. The monoisotopic (exact) mass is 280 g/mol. The van der Waals surface area contributed by atoms with Gasteiger partial charge < -0.3 is 16.2 Å². The summed E-state index contributed by atoms with van der Waals surface area (Å²) in [5, 5.41) is 12.7. The predicted molar refractivity (Wildman–Crippen MR) is 83.7 cm³/mol. The largest absolute Gasteiger partial charge is 0.396 e. The van der Waals surface area contributed by atoms with Crippen molar-refractivity contribution in [2.75, 3.05) is 17.7 Å². The smallest absolute Gasteiger partial charge is 0.135 e. The highest BCUT2D eigenvalue weighted by molar-refractivity contribution is 5.55. The standard InChI is InChI=1S/C15H28N4O/c1-6-7-12-18-13(16)10(2)14(19-12)17-11(8-9-20)15(3,4)5/h11,20H,6-9H2,1-5H3,(H3,16,17,18,19). The highest BCUT2D eigenvalue weighted by atomic mass is 16.3. The van der Waals surface area contributed by atoms with Crippen molar-refractivity contribution < 1.29 is 5.11 Å². The van der Waals surface area contributed by atoms with Crippen LogP contribution in [0.1, 0.15) is 51.9 Å². The molecule has 0 amide bonds. The summed E-state index contributed by atoms with van der Waals surface area (Å²) in [7, 11) is 0. The number of nitrogens with zero attached hydrogens (tertiary/aromatic N) is 2. The van der Waals surface area contributed by atoms with Crippen molar-refractivity contribution in [3.05, 3.63) is 11.4 Å². The summed E-state index contributed by atoms with van der Waals surface area (Å²) in [4.78, 5) is 8.89. The summed E-state index contributed by atoms with van der Waals surface area (Å²) in [6, 6.07) is 0.134. The van der Waals surface area contributed by atoms with E-state index in [2.05, 4.69) is 43.0 Å². The van der Waals surface area contributed by atoms with Crippen molar-refractivity contribution >= 4 is 11.6 Å². The first kappa shape index (κ1) is 16.7. The number of rotatable bonds is 6. The van der Waals surface area contributed by atoms with Crippen LogP contribution in [0.4, 0.5) is 11.6 Å². The quantitative estimate of drug-likeness (QED) is 0.745. The second kappa shape index (κ2) is 6.88. The molecule has 1 atom stereocenters. The number of aryl methyl sites for hydroxylation is 1. The molecule has 1 heterocycles. The van der Waals surface area contributed by atoms with Crippen LogP contribution in [-0.2, 0) is 6.42 Å². The molecule has 0 saturated heterocycles. The van der Waals surface area contributed by atoms with Crippen molar-refractivity contribution in [3.8, 4) is 0 Å². The molecule has 0 radical (unpaired) electrons. The maximum absolute atomic E-state index is 9.24. The molecule has 0 aliphatic carbocycles. The first-order valence-electron chi connectivity index (χ1n) is 7.30. The van der Waals surface area contributed by atoms with Crippen LogP contribution in [0.15, 0.2) is 0 Å². The van der Waals surface area contributed by atoms with Crippen LogP contribution in [0, 0.1) is 12.3 Å². The van der Waals surface area contributed by atoms with Gasteiger partial charge in [0.15, 0.2) is 0 Å². The van der Waals surface area contributed by atoms with Gasteiger partial charge in [0.05, 0.1) is 0 Å². The molecule has 0 spiro atoms. The lowest BCUT2D eigenvalue weighted by molar-refractivity contribution is 0.235. The Kier molecular flexibility index (Phi) is 5.74. The minimum Gasteiger partial charge on any atom is -0.396 e. The van der Waals surface area contributed by atoms with Crippen molar-refractivity contribution in [1.82, 2.24) is 9.97 Å². The average molecular weight is 280 g/mol. The van der Waals surface area contributed by atoms with Crippen molar-refractivity contribution in [1.29, 1.82) is 0 Å². The van der Waals surface area contributed by atoms with Gasteiger partial charge in [-0.1, -0.05) is 27.7 Å². The van der Waals surface area contributed by atoms with Crippen LogP contribution in [0.2, 0.25) is 0 Å². The maximum Gasteiger partial charge on any atom is 0.135 e. The molecule has 5 heteroatoms. The predicted octanol–water partition coefficient (Wildman–Crippen LogP) is 2.53. The van der Waals surface area contributed by atoms with E-state index < -0.39 is 0 Å². The van der Waals surface area contributed by atoms with Gasteiger partial charge in [0, 0.05) is 24.6 Å². The van der Waals surface area contributed by atoms with Crippen LogP contribution < -0.4 is 11.1 Å². The maximum atomic E-state index is 9.24. The first-order valence-corrected chi connectivity index (χ1v) is 7.30. The van der Waals surface area contributed by atoms with Crippen LogP contribution in [0.5, 0.6) is 0 Å².